The van der Waals surface area contributed by atoms with Crippen molar-refractivity contribution in [3.63, 3.8) is 0 Å². The van der Waals surface area contributed by atoms with Crippen LogP contribution >= 0.6 is 11.8 Å². The Morgan fingerprint density at radius 1 is 1.30 bits per heavy atom. The summed E-state index contributed by atoms with van der Waals surface area (Å²) >= 11 is 1.13. The second-order valence-electron chi connectivity index (χ2n) is 5.33. The van der Waals surface area contributed by atoms with Gasteiger partial charge in [0.1, 0.15) is 18.2 Å². The molecule has 0 saturated carbocycles. The molecule has 3 N–H and O–H groups in total. The van der Waals surface area contributed by atoms with Gasteiger partial charge in [-0.15, -0.1) is 10.2 Å². The lowest BCUT2D eigenvalue weighted by molar-refractivity contribution is -0.115. The highest BCUT2D eigenvalue weighted by Gasteiger charge is 2.20. The molecule has 1 unspecified atom stereocenters. The van der Waals surface area contributed by atoms with Gasteiger partial charge in [-0.2, -0.15) is 0 Å². The van der Waals surface area contributed by atoms with E-state index in [2.05, 4.69) is 25.5 Å². The molecular formula is C16H16FN7O2S. The molecule has 0 saturated heterocycles. The molecular weight excluding hydrogens is 373 g/mol. The Hall–Kier alpha value is -3.21. The number of carbonyl (C=O) groups is 1. The Bertz CT molecular complexity index is 905. The van der Waals surface area contributed by atoms with Gasteiger partial charge < -0.3 is 10.6 Å². The zero-order chi connectivity index (χ0) is 19.2. The molecule has 1 aromatic carbocycles. The number of thioether (sulfide) groups is 1. The van der Waals surface area contributed by atoms with Crippen molar-refractivity contribution < 1.29 is 13.9 Å². The highest BCUT2D eigenvalue weighted by Crippen LogP contribution is 2.22. The minimum atomic E-state index is -0.508. The topological polar surface area (TPSA) is 121 Å². The molecule has 0 bridgehead atoms. The van der Waals surface area contributed by atoms with E-state index in [1.165, 1.54) is 41.3 Å². The maximum absolute atomic E-state index is 12.9. The van der Waals surface area contributed by atoms with Gasteiger partial charge in [-0.1, -0.05) is 11.8 Å². The van der Waals surface area contributed by atoms with Gasteiger partial charge in [0, 0.05) is 12.4 Å². The predicted molar refractivity (Wildman–Crippen MR) is 96.9 cm³/mol. The number of anilines is 1. The summed E-state index contributed by atoms with van der Waals surface area (Å²) in [7, 11) is 0. The van der Waals surface area contributed by atoms with E-state index in [0.29, 0.717) is 16.7 Å². The third-order valence-corrected chi connectivity index (χ3v) is 4.43. The van der Waals surface area contributed by atoms with Crippen LogP contribution in [0.15, 0.2) is 47.9 Å². The Balaban J connectivity index is 1.57. The van der Waals surface area contributed by atoms with Crippen LogP contribution < -0.4 is 15.9 Å². The summed E-state index contributed by atoms with van der Waals surface area (Å²) in [4.78, 5) is 20.1. The lowest BCUT2D eigenvalue weighted by atomic mass is 10.3. The van der Waals surface area contributed by atoms with Crippen LogP contribution in [0, 0.1) is 5.82 Å². The molecule has 1 atom stereocenters. The van der Waals surface area contributed by atoms with Gasteiger partial charge in [0.25, 0.3) is 0 Å². The third kappa shape index (κ3) is 4.91. The average Bonchev–Trinajstić information content (AvgIpc) is 3.02. The van der Waals surface area contributed by atoms with E-state index in [-0.39, 0.29) is 24.3 Å². The molecule has 0 radical (unpaired) electrons. The fourth-order valence-electron chi connectivity index (χ4n) is 1.95. The number of aromatic nitrogens is 5. The molecule has 2 aromatic heterocycles. The summed E-state index contributed by atoms with van der Waals surface area (Å²) in [6.07, 6.45) is 3.06. The van der Waals surface area contributed by atoms with Gasteiger partial charge in [-0.05, 0) is 37.3 Å². The van der Waals surface area contributed by atoms with Gasteiger partial charge in [0.15, 0.2) is 5.82 Å². The molecule has 3 aromatic rings. The van der Waals surface area contributed by atoms with Gasteiger partial charge >= 0.3 is 0 Å². The number of benzene rings is 1. The minimum absolute atomic E-state index is 0.0497. The largest absolute Gasteiger partial charge is 0.486 e. The van der Waals surface area contributed by atoms with Gasteiger partial charge in [-0.3, -0.25) is 10.1 Å². The first-order chi connectivity index (χ1) is 13.0. The SMILES string of the molecule is CC(Sc1nnc(COc2ccc(F)cc2)n1N)C(=O)Nc1ncccn1. The number of nitrogens with one attached hydrogen (secondary N) is 1. The molecule has 0 aliphatic carbocycles. The van der Waals surface area contributed by atoms with E-state index < -0.39 is 5.25 Å². The highest BCUT2D eigenvalue weighted by molar-refractivity contribution is 8.00. The molecule has 0 aliphatic rings. The number of nitrogens with zero attached hydrogens (tertiary/aromatic N) is 5. The Morgan fingerprint density at radius 3 is 2.70 bits per heavy atom. The summed E-state index contributed by atoms with van der Waals surface area (Å²) < 4.78 is 19.6. The minimum Gasteiger partial charge on any atom is -0.486 e. The van der Waals surface area contributed by atoms with E-state index in [0.717, 1.165) is 11.8 Å². The number of carbonyl (C=O) groups excluding carboxylic acids is 1. The van der Waals surface area contributed by atoms with Crippen molar-refractivity contribution in [1.29, 1.82) is 0 Å². The van der Waals surface area contributed by atoms with E-state index in [1.54, 1.807) is 13.0 Å². The molecule has 11 heteroatoms. The number of nitrogen functional groups attached to an aromatic ring is 1. The standard InChI is InChI=1S/C16H16FN7O2S/c1-10(14(25)21-15-19-7-2-8-20-15)27-16-23-22-13(24(16)18)9-26-12-5-3-11(17)4-6-12/h2-8,10H,9,18H2,1H3,(H,19,20,21,25). The number of amides is 1. The summed E-state index contributed by atoms with van der Waals surface area (Å²) in [5.74, 6) is 6.38. The van der Waals surface area contributed by atoms with Crippen LogP contribution in [-0.2, 0) is 11.4 Å². The first-order valence-corrected chi connectivity index (χ1v) is 8.73. The number of ether oxygens (including phenoxy) is 1. The van der Waals surface area contributed by atoms with Crippen LogP contribution in [0.25, 0.3) is 0 Å². The normalized spacial score (nSPS) is 11.8. The van der Waals surface area contributed by atoms with Crippen molar-refractivity contribution >= 4 is 23.6 Å². The Morgan fingerprint density at radius 2 is 2.00 bits per heavy atom. The quantitative estimate of drug-likeness (QED) is 0.462. The summed E-state index contributed by atoms with van der Waals surface area (Å²) in [6.45, 7) is 1.75. The lowest BCUT2D eigenvalue weighted by Gasteiger charge is -2.10. The van der Waals surface area contributed by atoms with E-state index in [4.69, 9.17) is 10.6 Å². The number of hydrogen-bond acceptors (Lipinski definition) is 8. The van der Waals surface area contributed by atoms with Crippen molar-refractivity contribution in [2.24, 2.45) is 0 Å². The summed E-state index contributed by atoms with van der Waals surface area (Å²) in [6, 6.07) is 7.24. The van der Waals surface area contributed by atoms with Crippen LogP contribution in [0.1, 0.15) is 12.7 Å². The van der Waals surface area contributed by atoms with Crippen LogP contribution in [0.2, 0.25) is 0 Å². The van der Waals surface area contributed by atoms with Crippen LogP contribution in [-0.4, -0.2) is 36.0 Å². The number of hydrogen-bond donors (Lipinski definition) is 2. The predicted octanol–water partition coefficient (Wildman–Crippen LogP) is 1.62. The van der Waals surface area contributed by atoms with Crippen LogP contribution in [0.3, 0.4) is 0 Å². The smallest absolute Gasteiger partial charge is 0.240 e. The molecule has 0 aliphatic heterocycles. The van der Waals surface area contributed by atoms with Crippen LogP contribution in [0.5, 0.6) is 5.75 Å². The fourth-order valence-corrected chi connectivity index (χ4v) is 2.74. The van der Waals surface area contributed by atoms with Crippen molar-refractivity contribution in [3.8, 4) is 5.75 Å². The van der Waals surface area contributed by atoms with Crippen molar-refractivity contribution in [2.75, 3.05) is 11.2 Å². The van der Waals surface area contributed by atoms with Crippen molar-refractivity contribution in [3.05, 3.63) is 54.4 Å². The Kier molecular flexibility index (Phi) is 5.81. The zero-order valence-corrected chi connectivity index (χ0v) is 15.1. The van der Waals surface area contributed by atoms with Crippen LogP contribution in [0.4, 0.5) is 10.3 Å². The maximum atomic E-state index is 12.9. The molecule has 27 heavy (non-hydrogen) atoms. The second kappa shape index (κ2) is 8.45. The molecule has 0 spiro atoms. The molecule has 140 valence electrons. The van der Waals surface area contributed by atoms with E-state index in [9.17, 15) is 9.18 Å². The number of halogens is 1. The zero-order valence-electron chi connectivity index (χ0n) is 14.2. The monoisotopic (exact) mass is 389 g/mol. The van der Waals surface area contributed by atoms with Gasteiger partial charge in [-0.25, -0.2) is 19.0 Å². The van der Waals surface area contributed by atoms with Crippen molar-refractivity contribution in [2.45, 2.75) is 23.9 Å². The fraction of sp³-hybridized carbons (Fsp3) is 0.188. The third-order valence-electron chi connectivity index (χ3n) is 3.37. The number of rotatable bonds is 7. The highest BCUT2D eigenvalue weighted by atomic mass is 32.2. The second-order valence-corrected chi connectivity index (χ2v) is 6.64. The molecule has 1 amide bonds. The Labute approximate surface area is 158 Å². The van der Waals surface area contributed by atoms with Crippen molar-refractivity contribution in [1.82, 2.24) is 24.8 Å². The molecule has 9 nitrogen and oxygen atoms in total. The van der Waals surface area contributed by atoms with E-state index in [1.807, 2.05) is 0 Å². The molecule has 0 fully saturated rings. The average molecular weight is 389 g/mol. The lowest BCUT2D eigenvalue weighted by Crippen LogP contribution is -2.25. The number of nitrogens with two attached hydrogens (primary N) is 1. The summed E-state index contributed by atoms with van der Waals surface area (Å²) in [5, 5.41) is 10.4. The molecule has 3 rings (SSSR count). The maximum Gasteiger partial charge on any atom is 0.240 e. The van der Waals surface area contributed by atoms with Gasteiger partial charge in [0.2, 0.25) is 17.0 Å². The molecule has 2 heterocycles. The first-order valence-electron chi connectivity index (χ1n) is 7.85. The summed E-state index contributed by atoms with van der Waals surface area (Å²) in [5.41, 5.74) is 0. The first kappa shape index (κ1) is 18.6. The van der Waals surface area contributed by atoms with E-state index >= 15 is 0 Å². The van der Waals surface area contributed by atoms with Gasteiger partial charge in [0.05, 0.1) is 5.25 Å².